The SMILES string of the molecule is COc1cccc(N=C([O-])c2cc3ccccc3c(N=Nc3cc(Cl)c(S(=O)(=O)O)cc3C)c2[O-])c1.COc1cccc(NC(=O)c2cc3ccccc3c(N=Nc3cc(Cl)c(S(=O)(=O)O)cc3C)c2O)c1.[Ba+2]. The predicted octanol–water partition coefficient (Wildman–Crippen LogP) is 11.0. The van der Waals surface area contributed by atoms with Crippen LogP contribution in [0.5, 0.6) is 23.0 Å². The van der Waals surface area contributed by atoms with Crippen LogP contribution in [0, 0.1) is 13.8 Å². The molecule has 0 unspecified atom stereocenters. The van der Waals surface area contributed by atoms with Crippen molar-refractivity contribution >= 4 is 160 Å². The molecule has 368 valence electrons. The number of nitrogens with zero attached hydrogens (tertiary/aromatic N) is 5. The topological polar surface area (TPSA) is 284 Å². The van der Waals surface area contributed by atoms with Crippen LogP contribution >= 0.6 is 23.2 Å². The van der Waals surface area contributed by atoms with Crippen molar-refractivity contribution in [3.63, 3.8) is 0 Å². The molecule has 8 aromatic carbocycles. The third-order valence-electron chi connectivity index (χ3n) is 10.6. The van der Waals surface area contributed by atoms with Crippen LogP contribution in [0.25, 0.3) is 21.5 Å². The van der Waals surface area contributed by atoms with Crippen molar-refractivity contribution < 1.29 is 55.5 Å². The van der Waals surface area contributed by atoms with Gasteiger partial charge in [0.2, 0.25) is 0 Å². The van der Waals surface area contributed by atoms with E-state index in [-0.39, 0.29) is 92.8 Å². The van der Waals surface area contributed by atoms with E-state index in [1.807, 2.05) is 0 Å². The van der Waals surface area contributed by atoms with Gasteiger partial charge in [-0.1, -0.05) is 89.6 Å². The molecule has 0 fully saturated rings. The molecule has 18 nitrogen and oxygen atoms in total. The Morgan fingerprint density at radius 3 is 1.63 bits per heavy atom. The third-order valence-corrected chi connectivity index (χ3v) is 13.3. The molecule has 0 radical (unpaired) electrons. The molecule has 23 heteroatoms. The van der Waals surface area contributed by atoms with Gasteiger partial charge in [0.25, 0.3) is 26.1 Å². The summed E-state index contributed by atoms with van der Waals surface area (Å²) in [6, 6.07) is 34.9. The maximum Gasteiger partial charge on any atom is 2.00 e. The number of amides is 1. The fourth-order valence-electron chi connectivity index (χ4n) is 7.02. The Hall–Kier alpha value is -6.41. The van der Waals surface area contributed by atoms with E-state index in [0.717, 1.165) is 6.07 Å². The summed E-state index contributed by atoms with van der Waals surface area (Å²) >= 11 is 12.0. The Labute approximate surface area is 468 Å². The monoisotopic (exact) mass is 1190 g/mol. The molecule has 0 saturated heterocycles. The summed E-state index contributed by atoms with van der Waals surface area (Å²) in [6.45, 7) is 3.11. The minimum absolute atomic E-state index is 0. The van der Waals surface area contributed by atoms with E-state index in [1.54, 1.807) is 117 Å². The van der Waals surface area contributed by atoms with Crippen LogP contribution in [0.1, 0.15) is 27.0 Å². The molecule has 73 heavy (non-hydrogen) atoms. The largest absolute Gasteiger partial charge is 2.00 e. The Bertz CT molecular complexity index is 3790. The van der Waals surface area contributed by atoms with Crippen molar-refractivity contribution in [3.8, 4) is 23.0 Å². The number of aliphatic imine (C=N–C) groups is 1. The molecule has 8 rings (SSSR count). The Morgan fingerprint density at radius 2 is 1.10 bits per heavy atom. The number of ether oxygens (including phenoxy) is 2. The Balaban J connectivity index is 0.000000235. The van der Waals surface area contributed by atoms with E-state index >= 15 is 0 Å². The zero-order valence-corrected chi connectivity index (χ0v) is 46.3. The average molecular weight is 1190 g/mol. The summed E-state index contributed by atoms with van der Waals surface area (Å²) < 4.78 is 74.9. The first-order valence-electron chi connectivity index (χ1n) is 20.9. The second-order valence-corrected chi connectivity index (χ2v) is 19.1. The molecule has 0 bridgehead atoms. The maximum absolute atomic E-state index is 13.3. The molecule has 0 heterocycles. The van der Waals surface area contributed by atoms with E-state index in [4.69, 9.17) is 32.7 Å². The maximum atomic E-state index is 13.3. The van der Waals surface area contributed by atoms with Crippen molar-refractivity contribution in [2.45, 2.75) is 23.6 Å². The molecule has 0 aliphatic carbocycles. The van der Waals surface area contributed by atoms with Crippen molar-refractivity contribution in [3.05, 3.63) is 166 Å². The molecule has 0 aromatic heterocycles. The summed E-state index contributed by atoms with van der Waals surface area (Å²) in [5, 5.41) is 58.2. The number of azo groups is 2. The van der Waals surface area contributed by atoms with E-state index in [1.165, 1.54) is 38.5 Å². The standard InChI is InChI=1S/2C25H20ClN3O6S.Ba/c2*1-14-10-22(36(32,33)34)20(26)13-21(14)28-29-23-18-9-4-3-6-15(18)11-19(24(23)30)25(31)27-16-7-5-8-17(12-16)35-2;/h2*3-13,30H,1-2H3,(H,27,31)(H,32,33,34);/q;;+2/p-2. The third kappa shape index (κ3) is 13.2. The fourth-order valence-corrected chi connectivity index (χ4v) is 9.19. The molecule has 0 aliphatic rings. The number of carbonyl (C=O) groups is 1. The van der Waals surface area contributed by atoms with Gasteiger partial charge in [0.15, 0.2) is 5.75 Å². The molecule has 0 aliphatic heterocycles. The van der Waals surface area contributed by atoms with Crippen LogP contribution in [-0.2, 0) is 20.2 Å². The molecular weight excluding hydrogens is 1150 g/mol. The van der Waals surface area contributed by atoms with E-state index in [9.17, 15) is 46.1 Å². The molecular formula is C50H38BaCl2N6O12S2. The number of aromatic hydroxyl groups is 1. The van der Waals surface area contributed by atoms with Gasteiger partial charge in [-0.2, -0.15) is 32.2 Å². The van der Waals surface area contributed by atoms with Gasteiger partial charge in [-0.05, 0) is 108 Å². The zero-order chi connectivity index (χ0) is 52.1. The molecule has 0 saturated carbocycles. The molecule has 4 N–H and O–H groups in total. The number of rotatable bonds is 12. The number of aryl methyl sites for hydroxylation is 2. The number of methoxy groups -OCH3 is 2. The van der Waals surface area contributed by atoms with E-state index in [0.29, 0.717) is 55.5 Å². The summed E-state index contributed by atoms with van der Waals surface area (Å²) in [4.78, 5) is 16.2. The predicted molar refractivity (Wildman–Crippen MR) is 275 cm³/mol. The quantitative estimate of drug-likeness (QED) is 0.0292. The van der Waals surface area contributed by atoms with Gasteiger partial charge in [0.1, 0.15) is 27.0 Å². The molecule has 1 amide bonds. The number of phenolic OH excluding ortho intramolecular Hbond substituents is 1. The number of phenols is 1. The number of hydrogen-bond acceptors (Lipinski definition) is 15. The molecule has 8 aromatic rings. The van der Waals surface area contributed by atoms with E-state index in [2.05, 4.69) is 30.8 Å². The summed E-state index contributed by atoms with van der Waals surface area (Å²) in [6.07, 6.45) is 0. The van der Waals surface area contributed by atoms with Gasteiger partial charge >= 0.3 is 48.9 Å². The van der Waals surface area contributed by atoms with Gasteiger partial charge in [-0.3, -0.25) is 18.9 Å². The minimum Gasteiger partial charge on any atom is -0.871 e. The van der Waals surface area contributed by atoms with Crippen LogP contribution in [0.2, 0.25) is 10.0 Å². The van der Waals surface area contributed by atoms with Crippen molar-refractivity contribution in [2.24, 2.45) is 25.4 Å². The molecule has 0 spiro atoms. The molecule has 0 atom stereocenters. The normalized spacial score (nSPS) is 11.9. The number of anilines is 1. The summed E-state index contributed by atoms with van der Waals surface area (Å²) in [7, 11) is -6.05. The fraction of sp³-hybridized carbons (Fsp3) is 0.0800. The second kappa shape index (κ2) is 23.6. The number of halogens is 2. The van der Waals surface area contributed by atoms with Crippen molar-refractivity contribution in [2.75, 3.05) is 19.5 Å². The van der Waals surface area contributed by atoms with Gasteiger partial charge in [-0.25, -0.2) is 0 Å². The van der Waals surface area contributed by atoms with Gasteiger partial charge < -0.3 is 30.1 Å². The average Bonchev–Trinajstić information content (AvgIpc) is 3.34. The Kier molecular flexibility index (Phi) is 18.1. The minimum atomic E-state index is -4.53. The Morgan fingerprint density at radius 1 is 0.616 bits per heavy atom. The first-order valence-corrected chi connectivity index (χ1v) is 24.5. The van der Waals surface area contributed by atoms with Crippen molar-refractivity contribution in [1.29, 1.82) is 0 Å². The number of fused-ring (bicyclic) bond motifs is 2. The number of benzene rings is 8. The summed E-state index contributed by atoms with van der Waals surface area (Å²) in [5.74, 6) is -1.33. The van der Waals surface area contributed by atoms with Crippen LogP contribution in [0.3, 0.4) is 0 Å². The zero-order valence-electron chi connectivity index (χ0n) is 38.7. The first-order chi connectivity index (χ1) is 34.2. The second-order valence-electron chi connectivity index (χ2n) is 15.5. The van der Waals surface area contributed by atoms with Crippen LogP contribution in [0.4, 0.5) is 34.1 Å². The number of hydrogen-bond donors (Lipinski definition) is 4. The van der Waals surface area contributed by atoms with Crippen molar-refractivity contribution in [1.82, 2.24) is 0 Å². The van der Waals surface area contributed by atoms with Crippen LogP contribution < -0.4 is 25.0 Å². The smallest absolute Gasteiger partial charge is 0.871 e. The van der Waals surface area contributed by atoms with Crippen LogP contribution in [-0.4, -0.2) is 106 Å². The van der Waals surface area contributed by atoms with Gasteiger partial charge in [0, 0.05) is 28.6 Å². The summed E-state index contributed by atoms with van der Waals surface area (Å²) in [5.41, 5.74) is 1.61. The van der Waals surface area contributed by atoms with Crippen LogP contribution in [0.15, 0.2) is 169 Å². The van der Waals surface area contributed by atoms with Gasteiger partial charge in [0.05, 0.1) is 52.6 Å². The van der Waals surface area contributed by atoms with E-state index < -0.39 is 53.3 Å². The number of carbonyl (C=O) groups excluding carboxylic acids is 1. The van der Waals surface area contributed by atoms with Gasteiger partial charge in [-0.15, -0.1) is 5.11 Å². The number of nitrogens with one attached hydrogen (secondary N) is 1. The first kappa shape index (κ1) is 55.9.